The summed E-state index contributed by atoms with van der Waals surface area (Å²) in [6.07, 6.45) is 1.36. The van der Waals surface area contributed by atoms with E-state index in [-0.39, 0.29) is 17.0 Å². The Bertz CT molecular complexity index is 883. The van der Waals surface area contributed by atoms with Gasteiger partial charge in [-0.25, -0.2) is 4.98 Å². The summed E-state index contributed by atoms with van der Waals surface area (Å²) < 4.78 is 5.46. The highest BCUT2D eigenvalue weighted by molar-refractivity contribution is 7.18. The minimum absolute atomic E-state index is 0.0533. The number of nitrogens with one attached hydrogen (secondary N) is 1. The van der Waals surface area contributed by atoms with Crippen molar-refractivity contribution in [3.63, 3.8) is 0 Å². The topological polar surface area (TPSA) is 77.0 Å². The molecule has 0 fully saturated rings. The molecular weight excluding hydrogens is 360 g/mol. The third-order valence-electron chi connectivity index (χ3n) is 3.08. The standard InChI is InChI=1S/C17H15ClN4O2S/c1-10(2)24-15-13(18)8-12(9-19-15)14(23)20-17-22-21-16(25-17)11-6-4-3-5-7-11/h3-10H,1-2H3,(H,20,22,23). The molecule has 6 nitrogen and oxygen atoms in total. The van der Waals surface area contributed by atoms with E-state index in [9.17, 15) is 4.79 Å². The zero-order valence-corrected chi connectivity index (χ0v) is 15.1. The van der Waals surface area contributed by atoms with E-state index in [1.165, 1.54) is 23.6 Å². The Morgan fingerprint density at radius 2 is 2.00 bits per heavy atom. The molecule has 128 valence electrons. The molecule has 0 unspecified atom stereocenters. The van der Waals surface area contributed by atoms with Crippen LogP contribution in [-0.2, 0) is 0 Å². The minimum atomic E-state index is -0.360. The molecule has 25 heavy (non-hydrogen) atoms. The van der Waals surface area contributed by atoms with Gasteiger partial charge in [-0.15, -0.1) is 10.2 Å². The number of hydrogen-bond donors (Lipinski definition) is 1. The molecule has 1 amide bonds. The summed E-state index contributed by atoms with van der Waals surface area (Å²) in [4.78, 5) is 16.4. The highest BCUT2D eigenvalue weighted by Gasteiger charge is 2.14. The number of nitrogens with zero attached hydrogens (tertiary/aromatic N) is 3. The smallest absolute Gasteiger partial charge is 0.259 e. The van der Waals surface area contributed by atoms with Crippen LogP contribution in [0.3, 0.4) is 0 Å². The van der Waals surface area contributed by atoms with Crippen LogP contribution in [0.4, 0.5) is 5.13 Å². The van der Waals surface area contributed by atoms with Gasteiger partial charge in [0, 0.05) is 11.8 Å². The second kappa shape index (κ2) is 7.58. The first-order valence-corrected chi connectivity index (χ1v) is 8.75. The lowest BCUT2D eigenvalue weighted by atomic mass is 10.2. The fourth-order valence-electron chi connectivity index (χ4n) is 2.00. The SMILES string of the molecule is CC(C)Oc1ncc(C(=O)Nc2nnc(-c3ccccc3)s2)cc1Cl. The van der Waals surface area contributed by atoms with Crippen LogP contribution in [0.5, 0.6) is 5.88 Å². The van der Waals surface area contributed by atoms with Crippen molar-refractivity contribution in [2.75, 3.05) is 5.32 Å². The van der Waals surface area contributed by atoms with Crippen LogP contribution in [0.1, 0.15) is 24.2 Å². The van der Waals surface area contributed by atoms with Gasteiger partial charge in [-0.2, -0.15) is 0 Å². The summed E-state index contributed by atoms with van der Waals surface area (Å²) in [5.41, 5.74) is 1.26. The Hall–Kier alpha value is -2.51. The number of benzene rings is 1. The van der Waals surface area contributed by atoms with E-state index in [0.29, 0.717) is 16.6 Å². The van der Waals surface area contributed by atoms with Crippen LogP contribution in [-0.4, -0.2) is 27.2 Å². The van der Waals surface area contributed by atoms with Crippen LogP contribution >= 0.6 is 22.9 Å². The van der Waals surface area contributed by atoms with Crippen molar-refractivity contribution in [2.24, 2.45) is 0 Å². The number of halogens is 1. The van der Waals surface area contributed by atoms with Gasteiger partial charge in [-0.1, -0.05) is 53.3 Å². The highest BCUT2D eigenvalue weighted by Crippen LogP contribution is 2.27. The predicted molar refractivity (Wildman–Crippen MR) is 98.3 cm³/mol. The minimum Gasteiger partial charge on any atom is -0.474 e. The van der Waals surface area contributed by atoms with Crippen molar-refractivity contribution in [3.05, 3.63) is 53.2 Å². The van der Waals surface area contributed by atoms with E-state index in [2.05, 4.69) is 20.5 Å². The number of hydrogen-bond acceptors (Lipinski definition) is 6. The molecular formula is C17H15ClN4O2S. The molecule has 0 atom stereocenters. The number of carbonyl (C=O) groups is 1. The molecule has 1 aromatic carbocycles. The van der Waals surface area contributed by atoms with Gasteiger partial charge < -0.3 is 4.74 Å². The number of amides is 1. The highest BCUT2D eigenvalue weighted by atomic mass is 35.5. The molecule has 2 aromatic heterocycles. The Morgan fingerprint density at radius 1 is 1.24 bits per heavy atom. The van der Waals surface area contributed by atoms with Gasteiger partial charge in [0.05, 0.1) is 11.7 Å². The van der Waals surface area contributed by atoms with Crippen molar-refractivity contribution in [1.82, 2.24) is 15.2 Å². The lowest BCUT2D eigenvalue weighted by Gasteiger charge is -2.10. The summed E-state index contributed by atoms with van der Waals surface area (Å²) >= 11 is 7.40. The number of pyridine rings is 1. The van der Waals surface area contributed by atoms with Gasteiger partial charge in [0.15, 0.2) is 0 Å². The molecule has 0 aliphatic rings. The Labute approximate surface area is 153 Å². The molecule has 0 saturated carbocycles. The van der Waals surface area contributed by atoms with Crippen LogP contribution in [0.15, 0.2) is 42.6 Å². The first-order valence-electron chi connectivity index (χ1n) is 7.55. The first-order chi connectivity index (χ1) is 12.0. The van der Waals surface area contributed by atoms with Crippen LogP contribution in [0.2, 0.25) is 5.02 Å². The van der Waals surface area contributed by atoms with Gasteiger partial charge in [-0.3, -0.25) is 10.1 Å². The molecule has 8 heteroatoms. The third-order valence-corrected chi connectivity index (χ3v) is 4.24. The van der Waals surface area contributed by atoms with E-state index >= 15 is 0 Å². The van der Waals surface area contributed by atoms with Crippen LogP contribution < -0.4 is 10.1 Å². The second-order valence-corrected chi connectivity index (χ2v) is 6.79. The molecule has 0 radical (unpaired) electrons. The lowest BCUT2D eigenvalue weighted by Crippen LogP contribution is -2.13. The molecule has 1 N–H and O–H groups in total. The third kappa shape index (κ3) is 4.32. The monoisotopic (exact) mass is 374 g/mol. The molecule has 0 aliphatic heterocycles. The van der Waals surface area contributed by atoms with Gasteiger partial charge in [0.25, 0.3) is 5.91 Å². The van der Waals surface area contributed by atoms with Gasteiger partial charge >= 0.3 is 0 Å². The van der Waals surface area contributed by atoms with E-state index in [1.54, 1.807) is 0 Å². The van der Waals surface area contributed by atoms with Crippen molar-refractivity contribution in [1.29, 1.82) is 0 Å². The molecule has 0 bridgehead atoms. The normalized spacial score (nSPS) is 10.7. The summed E-state index contributed by atoms with van der Waals surface area (Å²) in [5.74, 6) is -0.0586. The van der Waals surface area contributed by atoms with E-state index in [4.69, 9.17) is 16.3 Å². The summed E-state index contributed by atoms with van der Waals surface area (Å²) in [5, 5.41) is 12.2. The van der Waals surface area contributed by atoms with E-state index in [1.807, 2.05) is 44.2 Å². The zero-order valence-electron chi connectivity index (χ0n) is 13.6. The summed E-state index contributed by atoms with van der Waals surface area (Å²) in [6.45, 7) is 3.75. The van der Waals surface area contributed by atoms with Crippen molar-refractivity contribution < 1.29 is 9.53 Å². The Balaban J connectivity index is 1.72. The molecule has 0 aliphatic carbocycles. The Morgan fingerprint density at radius 3 is 2.68 bits per heavy atom. The molecule has 3 rings (SSSR count). The van der Waals surface area contributed by atoms with Gasteiger partial charge in [0.1, 0.15) is 10.0 Å². The molecule has 2 heterocycles. The van der Waals surface area contributed by atoms with Crippen LogP contribution in [0, 0.1) is 0 Å². The number of carbonyl (C=O) groups excluding carboxylic acids is 1. The molecule has 0 spiro atoms. The van der Waals surface area contributed by atoms with Crippen molar-refractivity contribution >= 4 is 34.0 Å². The maximum Gasteiger partial charge on any atom is 0.259 e. The zero-order chi connectivity index (χ0) is 17.8. The van der Waals surface area contributed by atoms with Crippen molar-refractivity contribution in [3.8, 4) is 16.5 Å². The van der Waals surface area contributed by atoms with E-state index in [0.717, 1.165) is 10.6 Å². The number of ether oxygens (including phenoxy) is 1. The maximum absolute atomic E-state index is 12.3. The molecule has 3 aromatic rings. The number of aromatic nitrogens is 3. The Kier molecular flexibility index (Phi) is 5.25. The van der Waals surface area contributed by atoms with Gasteiger partial charge in [-0.05, 0) is 19.9 Å². The number of rotatable bonds is 5. The maximum atomic E-state index is 12.3. The average molecular weight is 375 g/mol. The van der Waals surface area contributed by atoms with Crippen LogP contribution in [0.25, 0.3) is 10.6 Å². The van der Waals surface area contributed by atoms with Gasteiger partial charge in [0.2, 0.25) is 11.0 Å². The fraction of sp³-hybridized carbons (Fsp3) is 0.176. The van der Waals surface area contributed by atoms with E-state index < -0.39 is 0 Å². The predicted octanol–water partition coefficient (Wildman–Crippen LogP) is 4.29. The first kappa shape index (κ1) is 17.3. The second-order valence-electron chi connectivity index (χ2n) is 5.41. The number of anilines is 1. The van der Waals surface area contributed by atoms with Crippen molar-refractivity contribution in [2.45, 2.75) is 20.0 Å². The molecule has 0 saturated heterocycles. The lowest BCUT2D eigenvalue weighted by molar-refractivity contribution is 0.102. The fourth-order valence-corrected chi connectivity index (χ4v) is 2.95. The summed E-state index contributed by atoms with van der Waals surface area (Å²) in [6, 6.07) is 11.1. The largest absolute Gasteiger partial charge is 0.474 e. The average Bonchev–Trinajstić information content (AvgIpc) is 3.05. The summed E-state index contributed by atoms with van der Waals surface area (Å²) in [7, 11) is 0. The quantitative estimate of drug-likeness (QED) is 0.720.